The number of anilines is 1. The zero-order valence-electron chi connectivity index (χ0n) is 11.3. The summed E-state index contributed by atoms with van der Waals surface area (Å²) in [5.41, 5.74) is 0. The molecule has 106 valence electrons. The third-order valence-electron chi connectivity index (χ3n) is 3.54. The molecule has 19 heavy (non-hydrogen) atoms. The van der Waals surface area contributed by atoms with E-state index in [0.29, 0.717) is 5.95 Å². The van der Waals surface area contributed by atoms with Crippen LogP contribution in [-0.4, -0.2) is 39.6 Å². The van der Waals surface area contributed by atoms with Crippen molar-refractivity contribution in [3.8, 4) is 6.01 Å². The van der Waals surface area contributed by atoms with E-state index in [2.05, 4.69) is 26.5 Å². The molecular weight excluding hydrogens is 284 g/mol. The molecule has 0 atom stereocenters. The van der Waals surface area contributed by atoms with Crippen molar-refractivity contribution >= 4 is 29.3 Å². The summed E-state index contributed by atoms with van der Waals surface area (Å²) >= 11 is 7.76. The number of nitrogens with zero attached hydrogens (tertiary/aromatic N) is 3. The summed E-state index contributed by atoms with van der Waals surface area (Å²) in [5, 5.41) is 3.42. The average molecular weight is 303 g/mol. The molecule has 0 spiro atoms. The van der Waals surface area contributed by atoms with Crippen molar-refractivity contribution in [2.75, 3.05) is 25.2 Å². The minimum Gasteiger partial charge on any atom is -0.467 e. The topological polar surface area (TPSA) is 59.9 Å². The van der Waals surface area contributed by atoms with Crippen LogP contribution in [0.25, 0.3) is 0 Å². The fourth-order valence-corrected chi connectivity index (χ4v) is 3.46. The number of thioether (sulfide) groups is 1. The van der Waals surface area contributed by atoms with Crippen LogP contribution < -0.4 is 10.1 Å². The summed E-state index contributed by atoms with van der Waals surface area (Å²) in [5.74, 6) is 0.482. The molecule has 5 nitrogen and oxygen atoms in total. The lowest BCUT2D eigenvalue weighted by atomic mass is 9.88. The molecule has 0 aliphatic heterocycles. The first-order valence-electron chi connectivity index (χ1n) is 6.42. The molecule has 1 heterocycles. The van der Waals surface area contributed by atoms with Crippen LogP contribution in [-0.2, 0) is 0 Å². The van der Waals surface area contributed by atoms with Gasteiger partial charge in [-0.05, 0) is 30.7 Å². The molecule has 1 aromatic rings. The third kappa shape index (κ3) is 3.86. The van der Waals surface area contributed by atoms with Gasteiger partial charge in [-0.25, -0.2) is 0 Å². The van der Waals surface area contributed by atoms with Crippen molar-refractivity contribution in [3.63, 3.8) is 0 Å². The van der Waals surface area contributed by atoms with Crippen LogP contribution in [0.4, 0.5) is 5.95 Å². The lowest BCUT2D eigenvalue weighted by molar-refractivity contribution is 0.378. The standard InChI is InChI=1S/C12H19ClN4OS/c1-18-11-16-9(13)15-10(17-11)14-8-12(19-2)6-4-3-5-7-12/h3-8H2,1-2H3,(H,14,15,16,17). The fraction of sp³-hybridized carbons (Fsp3) is 0.750. The highest BCUT2D eigenvalue weighted by molar-refractivity contribution is 8.00. The molecule has 0 amide bonds. The van der Waals surface area contributed by atoms with Gasteiger partial charge < -0.3 is 10.1 Å². The second kappa shape index (κ2) is 6.61. The van der Waals surface area contributed by atoms with Gasteiger partial charge in [0.15, 0.2) is 0 Å². The van der Waals surface area contributed by atoms with Crippen LogP contribution in [0.3, 0.4) is 0 Å². The number of halogens is 1. The molecule has 1 aliphatic rings. The van der Waals surface area contributed by atoms with Crippen LogP contribution in [0.2, 0.25) is 5.28 Å². The van der Waals surface area contributed by atoms with E-state index in [-0.39, 0.29) is 16.0 Å². The number of aromatic nitrogens is 3. The Balaban J connectivity index is 2.02. The van der Waals surface area contributed by atoms with Crippen molar-refractivity contribution in [1.82, 2.24) is 15.0 Å². The van der Waals surface area contributed by atoms with Gasteiger partial charge in [-0.2, -0.15) is 26.7 Å². The molecule has 0 bridgehead atoms. The van der Waals surface area contributed by atoms with E-state index in [1.165, 1.54) is 39.2 Å². The van der Waals surface area contributed by atoms with Gasteiger partial charge in [0, 0.05) is 11.3 Å². The van der Waals surface area contributed by atoms with Gasteiger partial charge in [-0.15, -0.1) is 0 Å². The molecule has 0 radical (unpaired) electrons. The van der Waals surface area contributed by atoms with Gasteiger partial charge >= 0.3 is 6.01 Å². The Bertz CT molecular complexity index is 426. The summed E-state index contributed by atoms with van der Waals surface area (Å²) in [6, 6.07) is 0.240. The number of rotatable bonds is 5. The van der Waals surface area contributed by atoms with Crippen molar-refractivity contribution in [3.05, 3.63) is 5.28 Å². The second-order valence-electron chi connectivity index (χ2n) is 4.72. The average Bonchev–Trinajstić information content (AvgIpc) is 2.45. The Morgan fingerprint density at radius 2 is 2.00 bits per heavy atom. The van der Waals surface area contributed by atoms with E-state index in [1.807, 2.05) is 11.8 Å². The number of hydrogen-bond donors (Lipinski definition) is 1. The number of ether oxygens (including phenoxy) is 1. The summed E-state index contributed by atoms with van der Waals surface area (Å²) in [4.78, 5) is 12.1. The maximum absolute atomic E-state index is 5.83. The second-order valence-corrected chi connectivity index (χ2v) is 6.33. The van der Waals surface area contributed by atoms with E-state index in [4.69, 9.17) is 16.3 Å². The van der Waals surface area contributed by atoms with Crippen LogP contribution in [0.1, 0.15) is 32.1 Å². The molecule has 7 heteroatoms. The Morgan fingerprint density at radius 3 is 2.63 bits per heavy atom. The van der Waals surface area contributed by atoms with E-state index in [0.717, 1.165) is 6.54 Å². The third-order valence-corrected chi connectivity index (χ3v) is 5.12. The first-order valence-corrected chi connectivity index (χ1v) is 8.02. The predicted octanol–water partition coefficient (Wildman–Crippen LogP) is 3.01. The van der Waals surface area contributed by atoms with Crippen LogP contribution in [0.15, 0.2) is 0 Å². The van der Waals surface area contributed by atoms with E-state index in [9.17, 15) is 0 Å². The van der Waals surface area contributed by atoms with Crippen LogP contribution in [0, 0.1) is 0 Å². The summed E-state index contributed by atoms with van der Waals surface area (Å²) in [7, 11) is 1.51. The normalized spacial score (nSPS) is 18.1. The zero-order valence-corrected chi connectivity index (χ0v) is 12.9. The monoisotopic (exact) mass is 302 g/mol. The minimum atomic E-state index is 0.149. The first-order chi connectivity index (χ1) is 9.17. The molecular formula is C12H19ClN4OS. The molecule has 1 N–H and O–H groups in total. The van der Waals surface area contributed by atoms with Crippen molar-refractivity contribution in [1.29, 1.82) is 0 Å². The number of nitrogens with one attached hydrogen (secondary N) is 1. The lowest BCUT2D eigenvalue weighted by Gasteiger charge is -2.35. The molecule has 1 fully saturated rings. The lowest BCUT2D eigenvalue weighted by Crippen LogP contribution is -2.36. The highest BCUT2D eigenvalue weighted by Gasteiger charge is 2.31. The van der Waals surface area contributed by atoms with Gasteiger partial charge in [-0.1, -0.05) is 19.3 Å². The van der Waals surface area contributed by atoms with Gasteiger partial charge in [-0.3, -0.25) is 0 Å². The van der Waals surface area contributed by atoms with E-state index in [1.54, 1.807) is 0 Å². The molecule has 0 unspecified atom stereocenters. The van der Waals surface area contributed by atoms with E-state index >= 15 is 0 Å². The number of hydrogen-bond acceptors (Lipinski definition) is 6. The Labute approximate surface area is 122 Å². The van der Waals surface area contributed by atoms with Crippen molar-refractivity contribution < 1.29 is 4.74 Å². The van der Waals surface area contributed by atoms with Crippen molar-refractivity contribution in [2.24, 2.45) is 0 Å². The Morgan fingerprint density at radius 1 is 1.26 bits per heavy atom. The quantitative estimate of drug-likeness (QED) is 0.902. The fourth-order valence-electron chi connectivity index (χ4n) is 2.39. The van der Waals surface area contributed by atoms with Crippen molar-refractivity contribution in [2.45, 2.75) is 36.9 Å². The summed E-state index contributed by atoms with van der Waals surface area (Å²) in [6.45, 7) is 0.845. The summed E-state index contributed by atoms with van der Waals surface area (Å²) < 4.78 is 5.27. The molecule has 0 saturated heterocycles. The highest BCUT2D eigenvalue weighted by atomic mass is 35.5. The Hall–Kier alpha value is -0.750. The van der Waals surface area contributed by atoms with Gasteiger partial charge in [0.25, 0.3) is 0 Å². The molecule has 1 saturated carbocycles. The zero-order chi connectivity index (χ0) is 13.7. The molecule has 1 aliphatic carbocycles. The van der Waals surface area contributed by atoms with Crippen LogP contribution >= 0.6 is 23.4 Å². The largest absolute Gasteiger partial charge is 0.467 e. The number of methoxy groups -OCH3 is 1. The van der Waals surface area contributed by atoms with Gasteiger partial charge in [0.05, 0.1) is 7.11 Å². The smallest absolute Gasteiger partial charge is 0.322 e. The van der Waals surface area contributed by atoms with Crippen LogP contribution in [0.5, 0.6) is 6.01 Å². The van der Waals surface area contributed by atoms with Gasteiger partial charge in [0.1, 0.15) is 0 Å². The summed E-state index contributed by atoms with van der Waals surface area (Å²) in [6.07, 6.45) is 8.57. The first kappa shape index (κ1) is 14.7. The maximum atomic E-state index is 5.83. The molecule has 0 aromatic carbocycles. The highest BCUT2D eigenvalue weighted by Crippen LogP contribution is 2.38. The van der Waals surface area contributed by atoms with E-state index < -0.39 is 0 Å². The van der Waals surface area contributed by atoms with Gasteiger partial charge in [0.2, 0.25) is 11.2 Å². The molecule has 2 rings (SSSR count). The predicted molar refractivity (Wildman–Crippen MR) is 79.2 cm³/mol. The maximum Gasteiger partial charge on any atom is 0.322 e. The Kier molecular flexibility index (Phi) is 5.10. The SMILES string of the molecule is COc1nc(Cl)nc(NCC2(SC)CCCCC2)n1. The molecule has 1 aromatic heterocycles. The minimum absolute atomic E-state index is 0.149.